The molecule has 0 aliphatic rings. The van der Waals surface area contributed by atoms with Crippen LogP contribution in [-0.4, -0.2) is 9.78 Å². The van der Waals surface area contributed by atoms with Crippen LogP contribution >= 0.6 is 38.5 Å². The molecule has 0 saturated carbocycles. The molecular formula is C5H4BrIN2. The molecule has 0 aliphatic carbocycles. The Labute approximate surface area is 75.2 Å². The molecule has 0 spiro atoms. The summed E-state index contributed by atoms with van der Waals surface area (Å²) in [6.45, 7) is 0. The van der Waals surface area contributed by atoms with Gasteiger partial charge in [0.15, 0.2) is 0 Å². The lowest BCUT2D eigenvalue weighted by molar-refractivity contribution is 0.936. The molecule has 0 atom stereocenters. The Bertz CT molecular complexity index is 218. The highest BCUT2D eigenvalue weighted by Gasteiger charge is 1.87. The van der Waals surface area contributed by atoms with Crippen LogP contribution in [-0.2, 0) is 0 Å². The average molecular weight is 299 g/mol. The van der Waals surface area contributed by atoms with Gasteiger partial charge in [0.25, 0.3) is 0 Å². The van der Waals surface area contributed by atoms with Gasteiger partial charge in [-0.3, -0.25) is 0 Å². The quantitative estimate of drug-likeness (QED) is 0.729. The van der Waals surface area contributed by atoms with Gasteiger partial charge in [-0.15, -0.1) is 0 Å². The standard InChI is InChI=1S/C5H4BrIN2/c6-5-3-8-9(4-5)2-1-7/h1-4H/b2-1+. The maximum atomic E-state index is 3.98. The van der Waals surface area contributed by atoms with Crippen molar-refractivity contribution in [2.24, 2.45) is 0 Å². The van der Waals surface area contributed by atoms with E-state index in [0.717, 1.165) is 4.47 Å². The number of aromatic nitrogens is 2. The van der Waals surface area contributed by atoms with Crippen LogP contribution in [0.15, 0.2) is 20.9 Å². The second-order valence-electron chi connectivity index (χ2n) is 1.41. The molecular weight excluding hydrogens is 295 g/mol. The van der Waals surface area contributed by atoms with Gasteiger partial charge in [-0.2, -0.15) is 5.10 Å². The Hall–Kier alpha value is 0.160. The highest BCUT2D eigenvalue weighted by Crippen LogP contribution is 2.06. The Morgan fingerprint density at radius 2 is 2.56 bits per heavy atom. The van der Waals surface area contributed by atoms with Gasteiger partial charge in [-0.25, -0.2) is 4.68 Å². The van der Waals surface area contributed by atoms with Crippen LogP contribution in [0.3, 0.4) is 0 Å². The van der Waals surface area contributed by atoms with E-state index >= 15 is 0 Å². The van der Waals surface area contributed by atoms with E-state index in [-0.39, 0.29) is 0 Å². The first kappa shape index (κ1) is 7.27. The maximum absolute atomic E-state index is 3.98. The van der Waals surface area contributed by atoms with E-state index in [9.17, 15) is 0 Å². The first-order valence-corrected chi connectivity index (χ1v) is 4.33. The summed E-state index contributed by atoms with van der Waals surface area (Å²) in [5, 5.41) is 3.98. The first-order chi connectivity index (χ1) is 4.33. The lowest BCUT2D eigenvalue weighted by atomic mass is 10.7. The number of rotatable bonds is 1. The van der Waals surface area contributed by atoms with Crippen molar-refractivity contribution in [2.45, 2.75) is 0 Å². The summed E-state index contributed by atoms with van der Waals surface area (Å²) in [6, 6.07) is 0. The van der Waals surface area contributed by atoms with Crippen molar-refractivity contribution < 1.29 is 0 Å². The van der Waals surface area contributed by atoms with Crippen LogP contribution in [0.2, 0.25) is 0 Å². The summed E-state index contributed by atoms with van der Waals surface area (Å²) < 4.78 is 4.63. The molecule has 0 saturated heterocycles. The molecule has 0 unspecified atom stereocenters. The molecule has 48 valence electrons. The summed E-state index contributed by atoms with van der Waals surface area (Å²) in [7, 11) is 0. The van der Waals surface area contributed by atoms with E-state index in [2.05, 4.69) is 43.6 Å². The number of hydrogen-bond donors (Lipinski definition) is 0. The zero-order valence-electron chi connectivity index (χ0n) is 4.46. The van der Waals surface area contributed by atoms with Gasteiger partial charge in [0.2, 0.25) is 0 Å². The van der Waals surface area contributed by atoms with Crippen molar-refractivity contribution >= 4 is 44.7 Å². The van der Waals surface area contributed by atoms with Gasteiger partial charge in [-0.05, 0) is 20.0 Å². The van der Waals surface area contributed by atoms with E-state index in [1.165, 1.54) is 0 Å². The highest BCUT2D eigenvalue weighted by atomic mass is 127. The molecule has 9 heavy (non-hydrogen) atoms. The number of halogens is 2. The van der Waals surface area contributed by atoms with E-state index in [1.54, 1.807) is 10.9 Å². The van der Waals surface area contributed by atoms with E-state index in [4.69, 9.17) is 0 Å². The number of hydrogen-bond acceptors (Lipinski definition) is 1. The smallest absolute Gasteiger partial charge is 0.0636 e. The monoisotopic (exact) mass is 298 g/mol. The minimum atomic E-state index is 0.997. The van der Waals surface area contributed by atoms with Crippen LogP contribution in [0.5, 0.6) is 0 Å². The summed E-state index contributed by atoms with van der Waals surface area (Å²) in [5.41, 5.74) is 0. The molecule has 1 rings (SSSR count). The fourth-order valence-electron chi connectivity index (χ4n) is 0.454. The molecule has 1 aromatic rings. The molecule has 0 N–H and O–H groups in total. The van der Waals surface area contributed by atoms with Gasteiger partial charge < -0.3 is 0 Å². The molecule has 0 radical (unpaired) electrons. The van der Waals surface area contributed by atoms with E-state index in [1.807, 2.05) is 16.5 Å². The van der Waals surface area contributed by atoms with Crippen LogP contribution < -0.4 is 0 Å². The molecule has 0 amide bonds. The molecule has 1 heterocycles. The van der Waals surface area contributed by atoms with Crippen molar-refractivity contribution in [1.29, 1.82) is 0 Å². The molecule has 4 heteroatoms. The van der Waals surface area contributed by atoms with E-state index in [0.29, 0.717) is 0 Å². The molecule has 0 aromatic carbocycles. The minimum Gasteiger partial charge on any atom is -0.247 e. The molecule has 2 nitrogen and oxygen atoms in total. The largest absolute Gasteiger partial charge is 0.247 e. The van der Waals surface area contributed by atoms with Gasteiger partial charge in [0, 0.05) is 12.4 Å². The third-order valence-electron chi connectivity index (χ3n) is 0.779. The lowest BCUT2D eigenvalue weighted by Crippen LogP contribution is -1.82. The van der Waals surface area contributed by atoms with Crippen LogP contribution in [0.1, 0.15) is 0 Å². The summed E-state index contributed by atoms with van der Waals surface area (Å²) in [5.74, 6) is 0. The van der Waals surface area contributed by atoms with Crippen molar-refractivity contribution in [3.8, 4) is 0 Å². The molecule has 1 aromatic heterocycles. The highest BCUT2D eigenvalue weighted by molar-refractivity contribution is 14.1. The maximum Gasteiger partial charge on any atom is 0.0636 e. The fourth-order valence-corrected chi connectivity index (χ4v) is 1.08. The Morgan fingerprint density at radius 3 is 3.00 bits per heavy atom. The van der Waals surface area contributed by atoms with Crippen molar-refractivity contribution in [1.82, 2.24) is 9.78 Å². The molecule has 0 aliphatic heterocycles. The third kappa shape index (κ3) is 2.09. The minimum absolute atomic E-state index is 0.997. The SMILES string of the molecule is Brc1cnn(/C=C/I)c1. The Kier molecular flexibility index (Phi) is 2.71. The third-order valence-corrected chi connectivity index (χ3v) is 1.51. The number of nitrogens with zero attached hydrogens (tertiary/aromatic N) is 2. The predicted molar refractivity (Wildman–Crippen MR) is 49.3 cm³/mol. The van der Waals surface area contributed by atoms with Crippen molar-refractivity contribution in [2.75, 3.05) is 0 Å². The summed E-state index contributed by atoms with van der Waals surface area (Å²) in [6.07, 6.45) is 5.50. The second-order valence-corrected chi connectivity index (χ2v) is 3.05. The van der Waals surface area contributed by atoms with Gasteiger partial charge in [0.1, 0.15) is 0 Å². The van der Waals surface area contributed by atoms with Gasteiger partial charge >= 0.3 is 0 Å². The fraction of sp³-hybridized carbons (Fsp3) is 0. The zero-order valence-corrected chi connectivity index (χ0v) is 8.20. The predicted octanol–water partition coefficient (Wildman–Crippen LogP) is 2.51. The van der Waals surface area contributed by atoms with Crippen LogP contribution in [0, 0.1) is 0 Å². The summed E-state index contributed by atoms with van der Waals surface area (Å²) >= 11 is 5.43. The zero-order chi connectivity index (χ0) is 6.69. The Balaban J connectivity index is 2.85. The second kappa shape index (κ2) is 3.36. The summed E-state index contributed by atoms with van der Waals surface area (Å²) in [4.78, 5) is 0. The molecule has 0 bridgehead atoms. The lowest BCUT2D eigenvalue weighted by Gasteiger charge is -1.83. The van der Waals surface area contributed by atoms with Gasteiger partial charge in [-0.1, -0.05) is 22.6 Å². The van der Waals surface area contributed by atoms with Crippen LogP contribution in [0.25, 0.3) is 6.20 Å². The van der Waals surface area contributed by atoms with E-state index < -0.39 is 0 Å². The Morgan fingerprint density at radius 1 is 1.78 bits per heavy atom. The van der Waals surface area contributed by atoms with Crippen molar-refractivity contribution in [3.63, 3.8) is 0 Å². The van der Waals surface area contributed by atoms with Crippen LogP contribution in [0.4, 0.5) is 0 Å². The first-order valence-electron chi connectivity index (χ1n) is 2.29. The normalized spacial score (nSPS) is 10.9. The van der Waals surface area contributed by atoms with Gasteiger partial charge in [0.05, 0.1) is 10.7 Å². The average Bonchev–Trinajstić information content (AvgIpc) is 2.17. The van der Waals surface area contributed by atoms with Crippen molar-refractivity contribution in [3.05, 3.63) is 20.9 Å². The topological polar surface area (TPSA) is 17.8 Å². The molecule has 0 fully saturated rings.